The number of Topliss-reactive ketones (excluding diaryl/α,β-unsaturated/α-hetero) is 1. The van der Waals surface area contributed by atoms with Crippen molar-refractivity contribution >= 4 is 29.1 Å². The maximum atomic E-state index is 11.9. The van der Waals surface area contributed by atoms with Gasteiger partial charge in [0.2, 0.25) is 0 Å². The molecule has 1 aliphatic heterocycles. The average molecular weight is 271 g/mol. The Kier molecular flexibility index (Phi) is 4.89. The molecule has 1 saturated heterocycles. The molecule has 0 spiro atoms. The number of thioether (sulfide) groups is 1. The highest BCUT2D eigenvalue weighted by molar-refractivity contribution is 8.00. The number of ether oxygens (including phenoxy) is 1. The highest BCUT2D eigenvalue weighted by Gasteiger charge is 2.16. The van der Waals surface area contributed by atoms with E-state index in [0.717, 1.165) is 25.2 Å². The Labute approximate surface area is 111 Å². The van der Waals surface area contributed by atoms with E-state index in [1.807, 2.05) is 0 Å². The molecule has 1 fully saturated rings. The van der Waals surface area contributed by atoms with Crippen molar-refractivity contribution in [1.29, 1.82) is 0 Å². The van der Waals surface area contributed by atoms with E-state index in [0.29, 0.717) is 22.4 Å². The summed E-state index contributed by atoms with van der Waals surface area (Å²) in [5.41, 5.74) is 0.692. The van der Waals surface area contributed by atoms with E-state index in [-0.39, 0.29) is 5.78 Å². The van der Waals surface area contributed by atoms with Gasteiger partial charge < -0.3 is 4.74 Å². The number of rotatable bonds is 5. The third kappa shape index (κ3) is 4.02. The fraction of sp³-hybridized carbons (Fsp3) is 0.462. The van der Waals surface area contributed by atoms with E-state index in [1.54, 1.807) is 36.0 Å². The first-order valence-corrected chi connectivity index (χ1v) is 7.27. The average Bonchev–Trinajstić information content (AvgIpc) is 2.82. The van der Waals surface area contributed by atoms with Crippen LogP contribution < -0.4 is 0 Å². The van der Waals surface area contributed by atoms with Gasteiger partial charge in [-0.3, -0.25) is 4.79 Å². The Balaban J connectivity index is 1.77. The van der Waals surface area contributed by atoms with E-state index in [4.69, 9.17) is 16.3 Å². The lowest BCUT2D eigenvalue weighted by atomic mass is 10.1. The van der Waals surface area contributed by atoms with Crippen molar-refractivity contribution in [2.75, 3.05) is 18.1 Å². The number of carbonyl (C=O) groups is 1. The monoisotopic (exact) mass is 270 g/mol. The zero-order valence-electron chi connectivity index (χ0n) is 9.52. The van der Waals surface area contributed by atoms with E-state index < -0.39 is 0 Å². The van der Waals surface area contributed by atoms with Crippen LogP contribution in [0.4, 0.5) is 0 Å². The van der Waals surface area contributed by atoms with Crippen LogP contribution in [0.1, 0.15) is 23.2 Å². The Morgan fingerprint density at radius 1 is 1.53 bits per heavy atom. The van der Waals surface area contributed by atoms with Crippen LogP contribution in [0.2, 0.25) is 5.02 Å². The molecule has 2 nitrogen and oxygen atoms in total. The molecule has 1 heterocycles. The predicted molar refractivity (Wildman–Crippen MR) is 72.1 cm³/mol. The summed E-state index contributed by atoms with van der Waals surface area (Å²) in [7, 11) is 0. The molecule has 0 aromatic heterocycles. The summed E-state index contributed by atoms with van der Waals surface area (Å²) in [6, 6.07) is 7.11. The highest BCUT2D eigenvalue weighted by atomic mass is 35.5. The number of hydrogen-bond acceptors (Lipinski definition) is 3. The first kappa shape index (κ1) is 12.9. The Morgan fingerprint density at radius 2 is 2.41 bits per heavy atom. The van der Waals surface area contributed by atoms with E-state index in [1.165, 1.54) is 0 Å². The van der Waals surface area contributed by atoms with Gasteiger partial charge in [-0.2, -0.15) is 11.8 Å². The minimum Gasteiger partial charge on any atom is -0.377 e. The molecule has 4 heteroatoms. The van der Waals surface area contributed by atoms with Crippen molar-refractivity contribution < 1.29 is 9.53 Å². The molecular weight excluding hydrogens is 256 g/mol. The topological polar surface area (TPSA) is 26.3 Å². The summed E-state index contributed by atoms with van der Waals surface area (Å²) < 4.78 is 5.51. The minimum atomic E-state index is 0.135. The van der Waals surface area contributed by atoms with Gasteiger partial charge in [-0.1, -0.05) is 23.7 Å². The van der Waals surface area contributed by atoms with Gasteiger partial charge in [0.05, 0.1) is 11.9 Å². The van der Waals surface area contributed by atoms with Crippen LogP contribution in [0.3, 0.4) is 0 Å². The van der Waals surface area contributed by atoms with Crippen LogP contribution in [-0.4, -0.2) is 30.0 Å². The van der Waals surface area contributed by atoms with Crippen LogP contribution in [0.25, 0.3) is 0 Å². The van der Waals surface area contributed by atoms with Gasteiger partial charge in [-0.05, 0) is 25.0 Å². The van der Waals surface area contributed by atoms with Crippen molar-refractivity contribution in [2.45, 2.75) is 18.9 Å². The second-order valence-electron chi connectivity index (χ2n) is 4.08. The van der Waals surface area contributed by atoms with E-state index >= 15 is 0 Å². The third-order valence-corrected chi connectivity index (χ3v) is 4.02. The van der Waals surface area contributed by atoms with Crippen molar-refractivity contribution in [3.05, 3.63) is 34.9 Å². The largest absolute Gasteiger partial charge is 0.377 e. The van der Waals surface area contributed by atoms with Crippen LogP contribution in [-0.2, 0) is 4.74 Å². The molecule has 1 aromatic carbocycles. The summed E-state index contributed by atoms with van der Waals surface area (Å²) in [6.07, 6.45) is 2.61. The molecule has 0 bridgehead atoms. The Morgan fingerprint density at radius 3 is 3.12 bits per heavy atom. The van der Waals surface area contributed by atoms with Gasteiger partial charge in [0, 0.05) is 22.9 Å². The van der Waals surface area contributed by atoms with E-state index in [9.17, 15) is 4.79 Å². The predicted octanol–water partition coefficient (Wildman–Crippen LogP) is 3.43. The summed E-state index contributed by atoms with van der Waals surface area (Å²) in [6.45, 7) is 0.869. The number of hydrogen-bond donors (Lipinski definition) is 0. The van der Waals surface area contributed by atoms with Crippen LogP contribution in [0.5, 0.6) is 0 Å². The first-order chi connectivity index (χ1) is 8.25. The van der Waals surface area contributed by atoms with Crippen molar-refractivity contribution in [3.63, 3.8) is 0 Å². The van der Waals surface area contributed by atoms with Gasteiger partial charge in [-0.25, -0.2) is 0 Å². The molecule has 17 heavy (non-hydrogen) atoms. The molecule has 0 radical (unpaired) electrons. The lowest BCUT2D eigenvalue weighted by Gasteiger charge is -2.08. The summed E-state index contributed by atoms with van der Waals surface area (Å²) in [5.74, 6) is 1.54. The maximum absolute atomic E-state index is 11.9. The number of ketones is 1. The lowest BCUT2D eigenvalue weighted by Crippen LogP contribution is -2.11. The molecule has 0 amide bonds. The molecule has 1 aromatic rings. The summed E-state index contributed by atoms with van der Waals surface area (Å²) >= 11 is 7.49. The molecule has 0 aliphatic carbocycles. The molecule has 1 aliphatic rings. The van der Waals surface area contributed by atoms with Crippen LogP contribution >= 0.6 is 23.4 Å². The molecule has 92 valence electrons. The zero-order chi connectivity index (χ0) is 12.1. The SMILES string of the molecule is O=C(CSCC1CCCO1)c1cccc(Cl)c1. The molecule has 2 rings (SSSR count). The quantitative estimate of drug-likeness (QED) is 0.767. The van der Waals surface area contributed by atoms with Crippen molar-refractivity contribution in [2.24, 2.45) is 0 Å². The van der Waals surface area contributed by atoms with Crippen molar-refractivity contribution in [1.82, 2.24) is 0 Å². The lowest BCUT2D eigenvalue weighted by molar-refractivity contribution is 0.102. The first-order valence-electron chi connectivity index (χ1n) is 5.74. The van der Waals surface area contributed by atoms with Crippen LogP contribution in [0.15, 0.2) is 24.3 Å². The smallest absolute Gasteiger partial charge is 0.172 e. The molecule has 0 saturated carbocycles. The maximum Gasteiger partial charge on any atom is 0.172 e. The summed E-state index contributed by atoms with van der Waals surface area (Å²) in [5, 5.41) is 0.611. The van der Waals surface area contributed by atoms with Gasteiger partial charge in [0.25, 0.3) is 0 Å². The normalized spacial score (nSPS) is 19.5. The second-order valence-corrected chi connectivity index (χ2v) is 5.55. The minimum absolute atomic E-state index is 0.135. The number of halogens is 1. The van der Waals surface area contributed by atoms with Crippen LogP contribution in [0, 0.1) is 0 Å². The standard InChI is InChI=1S/C13H15ClO2S/c14-11-4-1-3-10(7-11)13(15)9-17-8-12-5-2-6-16-12/h1,3-4,7,12H,2,5-6,8-9H2. The summed E-state index contributed by atoms with van der Waals surface area (Å²) in [4.78, 5) is 11.9. The van der Waals surface area contributed by atoms with Gasteiger partial charge >= 0.3 is 0 Å². The molecule has 1 atom stereocenters. The fourth-order valence-corrected chi connectivity index (χ4v) is 2.99. The number of benzene rings is 1. The fourth-order valence-electron chi connectivity index (χ4n) is 1.80. The Bertz CT molecular complexity index is 389. The number of carbonyl (C=O) groups excluding carboxylic acids is 1. The second kappa shape index (κ2) is 6.43. The highest BCUT2D eigenvalue weighted by Crippen LogP contribution is 2.18. The van der Waals surface area contributed by atoms with Gasteiger partial charge in [0.15, 0.2) is 5.78 Å². The van der Waals surface area contributed by atoms with Gasteiger partial charge in [-0.15, -0.1) is 0 Å². The molecule has 1 unspecified atom stereocenters. The zero-order valence-corrected chi connectivity index (χ0v) is 11.1. The van der Waals surface area contributed by atoms with E-state index in [2.05, 4.69) is 0 Å². The van der Waals surface area contributed by atoms with Gasteiger partial charge in [0.1, 0.15) is 0 Å². The Hall–Kier alpha value is -0.510. The van der Waals surface area contributed by atoms with Crippen molar-refractivity contribution in [3.8, 4) is 0 Å². The molecular formula is C13H15ClO2S. The third-order valence-electron chi connectivity index (χ3n) is 2.71. The molecule has 0 N–H and O–H groups in total.